The van der Waals surface area contributed by atoms with Gasteiger partial charge in [0, 0.05) is 0 Å². The van der Waals surface area contributed by atoms with E-state index in [-0.39, 0.29) is 12.4 Å². The third-order valence-electron chi connectivity index (χ3n) is 1.54. The molecule has 0 unspecified atom stereocenters. The number of ether oxygens (including phenoxy) is 1. The molecule has 0 atom stereocenters. The van der Waals surface area contributed by atoms with Crippen LogP contribution in [0.25, 0.3) is 0 Å². The molecule has 1 aromatic rings. The van der Waals surface area contributed by atoms with Crippen LogP contribution in [0.5, 0.6) is 0 Å². The molecule has 0 aliphatic rings. The minimum Gasteiger partial charge on any atom is -0.466 e. The third kappa shape index (κ3) is 2.47. The molecular formula is C8H12N2O3. The second-order valence-electron chi connectivity index (χ2n) is 2.65. The van der Waals surface area contributed by atoms with E-state index in [4.69, 9.17) is 9.94 Å². The number of aromatic nitrogens is 2. The van der Waals surface area contributed by atoms with E-state index in [1.54, 1.807) is 19.9 Å². The predicted molar refractivity (Wildman–Crippen MR) is 44.5 cm³/mol. The van der Waals surface area contributed by atoms with Gasteiger partial charge in [-0.2, -0.15) is 0 Å². The molecule has 72 valence electrons. The molecular weight excluding hydrogens is 172 g/mol. The summed E-state index contributed by atoms with van der Waals surface area (Å²) < 4.78 is 4.73. The lowest BCUT2D eigenvalue weighted by Crippen LogP contribution is -2.08. The van der Waals surface area contributed by atoms with Crippen molar-refractivity contribution in [1.82, 2.24) is 9.94 Å². The molecule has 5 heteroatoms. The average molecular weight is 184 g/mol. The maximum absolute atomic E-state index is 11.0. The second-order valence-corrected chi connectivity index (χ2v) is 2.65. The van der Waals surface area contributed by atoms with Gasteiger partial charge >= 0.3 is 5.97 Å². The summed E-state index contributed by atoms with van der Waals surface area (Å²) in [7, 11) is 0. The van der Waals surface area contributed by atoms with Gasteiger partial charge in [-0.25, -0.2) is 0 Å². The van der Waals surface area contributed by atoms with Crippen LogP contribution in [-0.4, -0.2) is 27.7 Å². The summed E-state index contributed by atoms with van der Waals surface area (Å²) >= 11 is 0. The second kappa shape index (κ2) is 3.93. The van der Waals surface area contributed by atoms with E-state index in [1.165, 1.54) is 0 Å². The van der Waals surface area contributed by atoms with Crippen LogP contribution in [0.2, 0.25) is 0 Å². The fraction of sp³-hybridized carbons (Fsp3) is 0.500. The Hall–Kier alpha value is -1.52. The number of rotatable bonds is 3. The highest BCUT2D eigenvalue weighted by atomic mass is 16.5. The van der Waals surface area contributed by atoms with E-state index >= 15 is 0 Å². The largest absolute Gasteiger partial charge is 0.466 e. The number of nitrogens with zero attached hydrogens (tertiary/aromatic N) is 2. The molecule has 1 N–H and O–H groups in total. The molecule has 1 aromatic heterocycles. The van der Waals surface area contributed by atoms with Crippen LogP contribution in [0.1, 0.15) is 18.3 Å². The average Bonchev–Trinajstić information content (AvgIpc) is 2.31. The molecule has 0 aliphatic carbocycles. The van der Waals surface area contributed by atoms with E-state index in [9.17, 15) is 4.79 Å². The molecule has 0 amide bonds. The summed E-state index contributed by atoms with van der Waals surface area (Å²) in [5.41, 5.74) is 1.11. The Balaban J connectivity index is 2.59. The molecule has 1 rings (SSSR count). The summed E-state index contributed by atoms with van der Waals surface area (Å²) in [6.45, 7) is 3.80. The summed E-state index contributed by atoms with van der Waals surface area (Å²) in [6.07, 6.45) is 0.0994. The zero-order valence-corrected chi connectivity index (χ0v) is 7.65. The molecule has 13 heavy (non-hydrogen) atoms. The topological polar surface area (TPSA) is 64.3 Å². The van der Waals surface area contributed by atoms with Gasteiger partial charge in [0.2, 0.25) is 0 Å². The highest BCUT2D eigenvalue weighted by molar-refractivity contribution is 5.71. The number of carbonyl (C=O) groups excluding carboxylic acids is 1. The van der Waals surface area contributed by atoms with E-state index in [0.29, 0.717) is 18.0 Å². The summed E-state index contributed by atoms with van der Waals surface area (Å²) in [6, 6.07) is 1.64. The number of hydrogen-bond acceptors (Lipinski definition) is 4. The van der Waals surface area contributed by atoms with Crippen molar-refractivity contribution in [1.29, 1.82) is 0 Å². The zero-order chi connectivity index (χ0) is 9.84. The lowest BCUT2D eigenvalue weighted by Gasteiger charge is -1.97. The Labute approximate surface area is 75.9 Å². The highest BCUT2D eigenvalue weighted by Crippen LogP contribution is 2.02. The fourth-order valence-corrected chi connectivity index (χ4v) is 0.975. The van der Waals surface area contributed by atoms with E-state index in [0.717, 1.165) is 4.85 Å². The molecule has 0 aliphatic heterocycles. The van der Waals surface area contributed by atoms with Gasteiger partial charge in [-0.1, -0.05) is 0 Å². The van der Waals surface area contributed by atoms with Gasteiger partial charge in [0.05, 0.1) is 24.4 Å². The molecule has 5 nitrogen and oxygen atoms in total. The maximum Gasteiger partial charge on any atom is 0.311 e. The lowest BCUT2D eigenvalue weighted by atomic mass is 10.3. The van der Waals surface area contributed by atoms with Gasteiger partial charge in [0.15, 0.2) is 0 Å². The highest BCUT2D eigenvalue weighted by Gasteiger charge is 2.08. The summed E-state index contributed by atoms with van der Waals surface area (Å²) in [4.78, 5) is 11.7. The Morgan fingerprint density at radius 1 is 1.77 bits per heavy atom. The van der Waals surface area contributed by atoms with Crippen molar-refractivity contribution in [3.8, 4) is 0 Å². The molecule has 0 saturated carbocycles. The Bertz CT molecular complexity index is 287. The number of aryl methyl sites for hydroxylation is 1. The fourth-order valence-electron chi connectivity index (χ4n) is 0.975. The van der Waals surface area contributed by atoms with E-state index in [2.05, 4.69) is 5.10 Å². The quantitative estimate of drug-likeness (QED) is 0.550. The SMILES string of the molecule is CCOC(=O)Cc1cc(C)n(O)n1. The van der Waals surface area contributed by atoms with E-state index < -0.39 is 0 Å². The molecule has 1 heterocycles. The van der Waals surface area contributed by atoms with Crippen molar-refractivity contribution in [2.75, 3.05) is 6.61 Å². The van der Waals surface area contributed by atoms with Crippen LogP contribution in [0, 0.1) is 6.92 Å². The van der Waals surface area contributed by atoms with Crippen molar-refractivity contribution >= 4 is 5.97 Å². The van der Waals surface area contributed by atoms with Gasteiger partial charge in [0.1, 0.15) is 0 Å². The van der Waals surface area contributed by atoms with Crippen LogP contribution in [-0.2, 0) is 16.0 Å². The Kier molecular flexibility index (Phi) is 2.89. The van der Waals surface area contributed by atoms with E-state index in [1.807, 2.05) is 0 Å². The summed E-state index contributed by atoms with van der Waals surface area (Å²) in [5, 5.41) is 12.7. The van der Waals surface area contributed by atoms with Crippen LogP contribution in [0.4, 0.5) is 0 Å². The molecule has 0 saturated heterocycles. The van der Waals surface area contributed by atoms with Crippen molar-refractivity contribution in [2.24, 2.45) is 0 Å². The van der Waals surface area contributed by atoms with Gasteiger partial charge in [0.25, 0.3) is 0 Å². The van der Waals surface area contributed by atoms with Crippen LogP contribution >= 0.6 is 0 Å². The first-order chi connectivity index (χ1) is 6.13. The summed E-state index contributed by atoms with van der Waals surface area (Å²) in [5.74, 6) is -0.333. The van der Waals surface area contributed by atoms with Gasteiger partial charge < -0.3 is 9.94 Å². The van der Waals surface area contributed by atoms with Crippen molar-refractivity contribution in [3.63, 3.8) is 0 Å². The van der Waals surface area contributed by atoms with Crippen molar-refractivity contribution in [3.05, 3.63) is 17.5 Å². The maximum atomic E-state index is 11.0. The molecule has 0 spiro atoms. The van der Waals surface area contributed by atoms with Crippen LogP contribution < -0.4 is 0 Å². The predicted octanol–water partition coefficient (Wildman–Crippen LogP) is 0.534. The monoisotopic (exact) mass is 184 g/mol. The molecule has 0 radical (unpaired) electrons. The van der Waals surface area contributed by atoms with Gasteiger partial charge in [-0.3, -0.25) is 4.79 Å². The number of hydrogen-bond donors (Lipinski definition) is 1. The first-order valence-electron chi connectivity index (χ1n) is 4.04. The van der Waals surface area contributed by atoms with Crippen molar-refractivity contribution in [2.45, 2.75) is 20.3 Å². The third-order valence-corrected chi connectivity index (χ3v) is 1.54. The minimum absolute atomic E-state index is 0.0994. The van der Waals surface area contributed by atoms with Crippen LogP contribution in [0.3, 0.4) is 0 Å². The van der Waals surface area contributed by atoms with Gasteiger partial charge in [-0.15, -0.1) is 9.94 Å². The first-order valence-corrected chi connectivity index (χ1v) is 4.04. The minimum atomic E-state index is -0.333. The molecule has 0 aromatic carbocycles. The molecule has 0 fully saturated rings. The van der Waals surface area contributed by atoms with Crippen molar-refractivity contribution < 1.29 is 14.7 Å². The smallest absolute Gasteiger partial charge is 0.311 e. The zero-order valence-electron chi connectivity index (χ0n) is 7.65. The Morgan fingerprint density at radius 3 is 2.92 bits per heavy atom. The lowest BCUT2D eigenvalue weighted by molar-refractivity contribution is -0.142. The number of esters is 1. The first kappa shape index (κ1) is 9.57. The number of carbonyl (C=O) groups is 1. The van der Waals surface area contributed by atoms with Gasteiger partial charge in [-0.05, 0) is 19.9 Å². The Morgan fingerprint density at radius 2 is 2.46 bits per heavy atom. The van der Waals surface area contributed by atoms with Crippen LogP contribution in [0.15, 0.2) is 6.07 Å². The molecule has 0 bridgehead atoms. The standard InChI is InChI=1S/C8H12N2O3/c1-3-13-8(11)5-7-4-6(2)10(12)9-7/h4,12H,3,5H2,1-2H3. The normalized spacial score (nSPS) is 10.0.